The van der Waals surface area contributed by atoms with E-state index >= 15 is 0 Å². The molecule has 0 saturated carbocycles. The number of nitrogens with one attached hydrogen (secondary N) is 2. The SMILES string of the molecule is C[C@@H](NC(=O)C(=O)NCC(C)(C)C)c1ccccc1. The molecule has 2 amide bonds. The van der Waals surface area contributed by atoms with E-state index in [-0.39, 0.29) is 11.5 Å². The molecule has 0 radical (unpaired) electrons. The Balaban J connectivity index is 2.49. The van der Waals surface area contributed by atoms with Crippen LogP contribution in [0.15, 0.2) is 30.3 Å². The van der Waals surface area contributed by atoms with E-state index < -0.39 is 11.8 Å². The van der Waals surface area contributed by atoms with Crippen molar-refractivity contribution in [2.75, 3.05) is 6.54 Å². The van der Waals surface area contributed by atoms with Gasteiger partial charge in [0.2, 0.25) is 0 Å². The molecule has 0 fully saturated rings. The van der Waals surface area contributed by atoms with Crippen molar-refractivity contribution in [1.29, 1.82) is 0 Å². The minimum Gasteiger partial charge on any atom is -0.347 e. The summed E-state index contributed by atoms with van der Waals surface area (Å²) in [6.07, 6.45) is 0. The Morgan fingerprint density at radius 3 is 2.21 bits per heavy atom. The summed E-state index contributed by atoms with van der Waals surface area (Å²) in [6, 6.07) is 9.36. The lowest BCUT2D eigenvalue weighted by molar-refractivity contribution is -0.139. The first-order chi connectivity index (χ1) is 8.79. The Morgan fingerprint density at radius 1 is 1.11 bits per heavy atom. The van der Waals surface area contributed by atoms with Crippen molar-refractivity contribution in [3.63, 3.8) is 0 Å². The maximum atomic E-state index is 11.7. The van der Waals surface area contributed by atoms with Crippen LogP contribution in [0, 0.1) is 5.41 Å². The number of carbonyl (C=O) groups excluding carboxylic acids is 2. The fourth-order valence-corrected chi connectivity index (χ4v) is 1.51. The highest BCUT2D eigenvalue weighted by Gasteiger charge is 2.19. The summed E-state index contributed by atoms with van der Waals surface area (Å²) in [7, 11) is 0. The Kier molecular flexibility index (Phi) is 5.10. The van der Waals surface area contributed by atoms with Crippen LogP contribution in [-0.4, -0.2) is 18.4 Å². The van der Waals surface area contributed by atoms with Crippen molar-refractivity contribution in [3.8, 4) is 0 Å². The predicted molar refractivity (Wildman–Crippen MR) is 75.5 cm³/mol. The van der Waals surface area contributed by atoms with Crippen LogP contribution in [0.2, 0.25) is 0 Å². The van der Waals surface area contributed by atoms with Crippen LogP contribution in [0.4, 0.5) is 0 Å². The molecule has 0 aliphatic heterocycles. The molecule has 0 unspecified atom stereocenters. The predicted octanol–water partition coefficient (Wildman–Crippen LogP) is 2.03. The molecule has 0 heterocycles. The number of hydrogen-bond donors (Lipinski definition) is 2. The normalized spacial score (nSPS) is 12.6. The number of hydrogen-bond acceptors (Lipinski definition) is 2. The van der Waals surface area contributed by atoms with Gasteiger partial charge in [0, 0.05) is 6.54 Å². The van der Waals surface area contributed by atoms with Gasteiger partial charge in [-0.05, 0) is 17.9 Å². The van der Waals surface area contributed by atoms with Gasteiger partial charge < -0.3 is 10.6 Å². The molecule has 0 aliphatic rings. The van der Waals surface area contributed by atoms with Crippen LogP contribution in [0.25, 0.3) is 0 Å². The lowest BCUT2D eigenvalue weighted by Gasteiger charge is -2.19. The van der Waals surface area contributed by atoms with Gasteiger partial charge in [-0.3, -0.25) is 9.59 Å². The zero-order valence-electron chi connectivity index (χ0n) is 12.0. The van der Waals surface area contributed by atoms with Gasteiger partial charge in [-0.1, -0.05) is 51.1 Å². The summed E-state index contributed by atoms with van der Waals surface area (Å²) < 4.78 is 0. The van der Waals surface area contributed by atoms with Crippen LogP contribution in [0.3, 0.4) is 0 Å². The average Bonchev–Trinajstić information content (AvgIpc) is 2.36. The van der Waals surface area contributed by atoms with E-state index in [1.807, 2.05) is 58.0 Å². The third-order valence-electron chi connectivity index (χ3n) is 2.63. The molecular formula is C15H22N2O2. The quantitative estimate of drug-likeness (QED) is 0.819. The van der Waals surface area contributed by atoms with Crippen molar-refractivity contribution in [3.05, 3.63) is 35.9 Å². The average molecular weight is 262 g/mol. The van der Waals surface area contributed by atoms with Crippen LogP contribution >= 0.6 is 0 Å². The summed E-state index contributed by atoms with van der Waals surface area (Å²) in [4.78, 5) is 23.4. The maximum absolute atomic E-state index is 11.7. The third-order valence-corrected chi connectivity index (χ3v) is 2.63. The molecule has 4 heteroatoms. The topological polar surface area (TPSA) is 58.2 Å². The molecule has 4 nitrogen and oxygen atoms in total. The maximum Gasteiger partial charge on any atom is 0.309 e. The van der Waals surface area contributed by atoms with E-state index in [9.17, 15) is 9.59 Å². The van der Waals surface area contributed by atoms with E-state index in [2.05, 4.69) is 10.6 Å². The van der Waals surface area contributed by atoms with Gasteiger partial charge in [-0.15, -0.1) is 0 Å². The van der Waals surface area contributed by atoms with Crippen LogP contribution < -0.4 is 10.6 Å². The molecule has 1 aromatic rings. The van der Waals surface area contributed by atoms with Gasteiger partial charge in [0.25, 0.3) is 0 Å². The lowest BCUT2D eigenvalue weighted by Crippen LogP contribution is -2.43. The van der Waals surface area contributed by atoms with Crippen molar-refractivity contribution in [2.45, 2.75) is 33.7 Å². The Morgan fingerprint density at radius 2 is 1.68 bits per heavy atom. The third kappa shape index (κ3) is 5.55. The zero-order valence-corrected chi connectivity index (χ0v) is 12.0. The molecule has 1 rings (SSSR count). The molecule has 104 valence electrons. The molecule has 0 saturated heterocycles. The number of rotatable bonds is 3. The first kappa shape index (κ1) is 15.2. The van der Waals surface area contributed by atoms with Crippen LogP contribution in [0.5, 0.6) is 0 Å². The molecule has 1 aromatic carbocycles. The number of amides is 2. The summed E-state index contributed by atoms with van der Waals surface area (Å²) >= 11 is 0. The highest BCUT2D eigenvalue weighted by Crippen LogP contribution is 2.11. The molecule has 0 spiro atoms. The Labute approximate surface area is 114 Å². The summed E-state index contributed by atoms with van der Waals surface area (Å²) in [5, 5.41) is 5.31. The summed E-state index contributed by atoms with van der Waals surface area (Å²) in [5.41, 5.74) is 0.931. The largest absolute Gasteiger partial charge is 0.347 e. The van der Waals surface area contributed by atoms with Crippen molar-refractivity contribution in [2.24, 2.45) is 5.41 Å². The highest BCUT2D eigenvalue weighted by molar-refractivity contribution is 6.35. The fourth-order valence-electron chi connectivity index (χ4n) is 1.51. The molecule has 2 N–H and O–H groups in total. The van der Waals surface area contributed by atoms with Crippen molar-refractivity contribution >= 4 is 11.8 Å². The van der Waals surface area contributed by atoms with Gasteiger partial charge in [0.1, 0.15) is 0 Å². The second kappa shape index (κ2) is 6.36. The first-order valence-electron chi connectivity index (χ1n) is 6.43. The Bertz CT molecular complexity index is 435. The Hall–Kier alpha value is -1.84. The summed E-state index contributed by atoms with van der Waals surface area (Å²) in [6.45, 7) is 8.32. The minimum absolute atomic E-state index is 0.0407. The van der Waals surface area contributed by atoms with E-state index in [0.29, 0.717) is 6.54 Å². The minimum atomic E-state index is -0.597. The monoisotopic (exact) mass is 262 g/mol. The van der Waals surface area contributed by atoms with Gasteiger partial charge in [0.15, 0.2) is 0 Å². The standard InChI is InChI=1S/C15H22N2O2/c1-11(12-8-6-5-7-9-12)17-14(19)13(18)16-10-15(2,3)4/h5-9,11H,10H2,1-4H3,(H,16,18)(H,17,19)/t11-/m1/s1. The van der Waals surface area contributed by atoms with E-state index in [1.54, 1.807) is 0 Å². The van der Waals surface area contributed by atoms with Gasteiger partial charge in [-0.25, -0.2) is 0 Å². The first-order valence-corrected chi connectivity index (χ1v) is 6.43. The smallest absolute Gasteiger partial charge is 0.309 e. The number of benzene rings is 1. The molecular weight excluding hydrogens is 240 g/mol. The summed E-state index contributed by atoms with van der Waals surface area (Å²) in [5.74, 6) is -1.18. The van der Waals surface area contributed by atoms with Gasteiger partial charge >= 0.3 is 11.8 Å². The van der Waals surface area contributed by atoms with Crippen molar-refractivity contribution in [1.82, 2.24) is 10.6 Å². The second-order valence-electron chi connectivity index (χ2n) is 5.85. The molecule has 0 bridgehead atoms. The van der Waals surface area contributed by atoms with Crippen LogP contribution in [-0.2, 0) is 9.59 Å². The van der Waals surface area contributed by atoms with Crippen LogP contribution in [0.1, 0.15) is 39.3 Å². The van der Waals surface area contributed by atoms with E-state index in [4.69, 9.17) is 0 Å². The van der Waals surface area contributed by atoms with Gasteiger partial charge in [-0.2, -0.15) is 0 Å². The zero-order chi connectivity index (χ0) is 14.5. The molecule has 0 aromatic heterocycles. The van der Waals surface area contributed by atoms with E-state index in [1.165, 1.54) is 0 Å². The fraction of sp³-hybridized carbons (Fsp3) is 0.467. The molecule has 0 aliphatic carbocycles. The molecule has 19 heavy (non-hydrogen) atoms. The highest BCUT2D eigenvalue weighted by atomic mass is 16.2. The number of carbonyl (C=O) groups is 2. The van der Waals surface area contributed by atoms with Gasteiger partial charge in [0.05, 0.1) is 6.04 Å². The lowest BCUT2D eigenvalue weighted by atomic mass is 9.97. The van der Waals surface area contributed by atoms with Crippen molar-refractivity contribution < 1.29 is 9.59 Å². The molecule has 1 atom stereocenters. The second-order valence-corrected chi connectivity index (χ2v) is 5.85. The van der Waals surface area contributed by atoms with E-state index in [0.717, 1.165) is 5.56 Å².